The molecule has 2 aliphatic heterocycles. The number of amides is 1. The summed E-state index contributed by atoms with van der Waals surface area (Å²) in [4.78, 5) is 18.5. The fourth-order valence-corrected chi connectivity index (χ4v) is 4.61. The number of anilines is 1. The van der Waals surface area contributed by atoms with Crippen LogP contribution in [0.3, 0.4) is 0 Å². The Labute approximate surface area is 156 Å². The summed E-state index contributed by atoms with van der Waals surface area (Å²) in [5.74, 6) is 1.88. The lowest BCUT2D eigenvalue weighted by Crippen LogP contribution is -2.60. The van der Waals surface area contributed by atoms with Crippen LogP contribution in [0, 0.1) is 5.92 Å². The van der Waals surface area contributed by atoms with Crippen LogP contribution in [0.5, 0.6) is 0 Å². The van der Waals surface area contributed by atoms with E-state index in [0.29, 0.717) is 12.0 Å². The van der Waals surface area contributed by atoms with E-state index in [9.17, 15) is 4.79 Å². The van der Waals surface area contributed by atoms with Crippen LogP contribution in [-0.4, -0.2) is 71.7 Å². The SMILES string of the molecule is CC(=O)N1CCCC(CN(C)C2CN(c3cc4c(nn3)CCCC4)C2)C1. The molecule has 2 fully saturated rings. The van der Waals surface area contributed by atoms with E-state index in [4.69, 9.17) is 0 Å². The Kier molecular flexibility index (Phi) is 5.11. The van der Waals surface area contributed by atoms with Crippen LogP contribution < -0.4 is 4.90 Å². The van der Waals surface area contributed by atoms with E-state index in [1.165, 1.54) is 30.5 Å². The van der Waals surface area contributed by atoms with Crippen molar-refractivity contribution >= 4 is 11.7 Å². The zero-order valence-corrected chi connectivity index (χ0v) is 16.2. The van der Waals surface area contributed by atoms with Gasteiger partial charge >= 0.3 is 0 Å². The van der Waals surface area contributed by atoms with Crippen molar-refractivity contribution in [2.45, 2.75) is 51.5 Å². The summed E-state index contributed by atoms with van der Waals surface area (Å²) in [6.45, 7) is 6.70. The molecule has 1 aromatic heterocycles. The van der Waals surface area contributed by atoms with Crippen molar-refractivity contribution in [1.82, 2.24) is 20.0 Å². The molecular formula is C20H31N5O. The number of hydrogen-bond acceptors (Lipinski definition) is 5. The number of piperidine rings is 1. The smallest absolute Gasteiger partial charge is 0.219 e. The summed E-state index contributed by atoms with van der Waals surface area (Å²) in [6.07, 6.45) is 7.15. The van der Waals surface area contributed by atoms with E-state index in [2.05, 4.69) is 33.1 Å². The number of aromatic nitrogens is 2. The normalized spacial score (nSPS) is 23.7. The van der Waals surface area contributed by atoms with E-state index < -0.39 is 0 Å². The molecule has 6 heteroatoms. The Morgan fingerprint density at radius 3 is 2.81 bits per heavy atom. The molecule has 0 bridgehead atoms. The van der Waals surface area contributed by atoms with Gasteiger partial charge in [-0.2, -0.15) is 5.10 Å². The molecule has 4 rings (SSSR count). The first-order chi connectivity index (χ1) is 12.6. The largest absolute Gasteiger partial charge is 0.352 e. The van der Waals surface area contributed by atoms with Crippen molar-refractivity contribution in [3.8, 4) is 0 Å². The second-order valence-electron chi connectivity index (χ2n) is 8.35. The summed E-state index contributed by atoms with van der Waals surface area (Å²) in [5, 5.41) is 8.93. The number of rotatable bonds is 4. The van der Waals surface area contributed by atoms with Crippen LogP contribution in [0.4, 0.5) is 5.82 Å². The molecule has 1 aromatic rings. The zero-order valence-electron chi connectivity index (χ0n) is 16.2. The average Bonchev–Trinajstić information content (AvgIpc) is 2.60. The van der Waals surface area contributed by atoms with E-state index in [1.54, 1.807) is 6.92 Å². The molecule has 142 valence electrons. The van der Waals surface area contributed by atoms with Crippen LogP contribution in [0.2, 0.25) is 0 Å². The highest BCUT2D eigenvalue weighted by molar-refractivity contribution is 5.73. The van der Waals surface area contributed by atoms with Gasteiger partial charge in [-0.15, -0.1) is 5.10 Å². The lowest BCUT2D eigenvalue weighted by atomic mass is 9.95. The molecular weight excluding hydrogens is 326 g/mol. The summed E-state index contributed by atoms with van der Waals surface area (Å²) < 4.78 is 0. The van der Waals surface area contributed by atoms with Gasteiger partial charge in [0.1, 0.15) is 0 Å². The minimum atomic E-state index is 0.221. The van der Waals surface area contributed by atoms with Crippen LogP contribution in [0.25, 0.3) is 0 Å². The number of carbonyl (C=O) groups excluding carboxylic acids is 1. The van der Waals surface area contributed by atoms with Crippen LogP contribution in [0.15, 0.2) is 6.07 Å². The van der Waals surface area contributed by atoms with Gasteiger partial charge in [-0.25, -0.2) is 0 Å². The van der Waals surface area contributed by atoms with Crippen LogP contribution in [-0.2, 0) is 17.6 Å². The molecule has 1 amide bonds. The maximum atomic E-state index is 11.6. The molecule has 0 spiro atoms. The Hall–Kier alpha value is -1.69. The standard InChI is InChI=1S/C20H31N5O/c1-15(26)24-9-5-6-16(12-24)11-23(2)18-13-25(14-18)20-10-17-7-3-4-8-19(17)21-22-20/h10,16,18H,3-9,11-14H2,1-2H3. The summed E-state index contributed by atoms with van der Waals surface area (Å²) >= 11 is 0. The maximum absolute atomic E-state index is 11.6. The molecule has 6 nitrogen and oxygen atoms in total. The topological polar surface area (TPSA) is 52.6 Å². The number of likely N-dealkylation sites (N-methyl/N-ethyl adjacent to an activating group) is 1. The molecule has 1 atom stereocenters. The minimum absolute atomic E-state index is 0.221. The van der Waals surface area contributed by atoms with Gasteiger partial charge in [0.15, 0.2) is 5.82 Å². The fourth-order valence-electron chi connectivity index (χ4n) is 4.61. The van der Waals surface area contributed by atoms with Crippen molar-refractivity contribution < 1.29 is 4.79 Å². The Morgan fingerprint density at radius 2 is 2.00 bits per heavy atom. The second-order valence-corrected chi connectivity index (χ2v) is 8.35. The third-order valence-electron chi connectivity index (χ3n) is 6.38. The van der Waals surface area contributed by atoms with Gasteiger partial charge in [0.25, 0.3) is 0 Å². The first-order valence-electron chi connectivity index (χ1n) is 10.2. The fraction of sp³-hybridized carbons (Fsp3) is 0.750. The van der Waals surface area contributed by atoms with E-state index in [1.807, 2.05) is 4.90 Å². The quantitative estimate of drug-likeness (QED) is 0.821. The molecule has 1 aliphatic carbocycles. The average molecular weight is 358 g/mol. The highest BCUT2D eigenvalue weighted by atomic mass is 16.2. The number of likely N-dealkylation sites (tertiary alicyclic amines) is 1. The zero-order chi connectivity index (χ0) is 18.1. The predicted octanol–water partition coefficient (Wildman–Crippen LogP) is 1.73. The van der Waals surface area contributed by atoms with E-state index in [-0.39, 0.29) is 5.91 Å². The number of hydrogen-bond donors (Lipinski definition) is 0. The highest BCUT2D eigenvalue weighted by Gasteiger charge is 2.33. The third kappa shape index (κ3) is 3.70. The van der Waals surface area contributed by atoms with E-state index >= 15 is 0 Å². The highest BCUT2D eigenvalue weighted by Crippen LogP contribution is 2.27. The van der Waals surface area contributed by atoms with Crippen molar-refractivity contribution in [3.63, 3.8) is 0 Å². The number of nitrogens with zero attached hydrogens (tertiary/aromatic N) is 5. The molecule has 1 unspecified atom stereocenters. The van der Waals surface area contributed by atoms with Gasteiger partial charge in [-0.05, 0) is 63.1 Å². The molecule has 0 saturated carbocycles. The molecule has 26 heavy (non-hydrogen) atoms. The molecule has 0 radical (unpaired) electrons. The lowest BCUT2D eigenvalue weighted by Gasteiger charge is -2.46. The molecule has 3 heterocycles. The number of carbonyl (C=O) groups is 1. The molecule has 0 N–H and O–H groups in total. The molecule has 3 aliphatic rings. The Morgan fingerprint density at radius 1 is 1.19 bits per heavy atom. The van der Waals surface area contributed by atoms with Crippen molar-refractivity contribution in [1.29, 1.82) is 0 Å². The van der Waals surface area contributed by atoms with Gasteiger partial charge in [-0.1, -0.05) is 0 Å². The Balaban J connectivity index is 1.28. The summed E-state index contributed by atoms with van der Waals surface area (Å²) in [5.41, 5.74) is 2.62. The van der Waals surface area contributed by atoms with Gasteiger partial charge in [-0.3, -0.25) is 9.69 Å². The number of aryl methyl sites for hydroxylation is 2. The third-order valence-corrected chi connectivity index (χ3v) is 6.38. The van der Waals surface area contributed by atoms with Crippen LogP contribution >= 0.6 is 0 Å². The van der Waals surface area contributed by atoms with Crippen LogP contribution in [0.1, 0.15) is 43.9 Å². The van der Waals surface area contributed by atoms with Gasteiger partial charge < -0.3 is 9.80 Å². The molecule has 2 saturated heterocycles. The maximum Gasteiger partial charge on any atom is 0.219 e. The van der Waals surface area contributed by atoms with Crippen molar-refractivity contribution in [2.24, 2.45) is 5.92 Å². The monoisotopic (exact) mass is 357 g/mol. The Bertz CT molecular complexity index is 658. The minimum Gasteiger partial charge on any atom is -0.352 e. The lowest BCUT2D eigenvalue weighted by molar-refractivity contribution is -0.130. The summed E-state index contributed by atoms with van der Waals surface area (Å²) in [7, 11) is 2.23. The van der Waals surface area contributed by atoms with Gasteiger partial charge in [0, 0.05) is 45.7 Å². The number of fused-ring (bicyclic) bond motifs is 1. The molecule has 0 aromatic carbocycles. The van der Waals surface area contributed by atoms with Crippen molar-refractivity contribution in [3.05, 3.63) is 17.3 Å². The second kappa shape index (κ2) is 7.51. The van der Waals surface area contributed by atoms with Gasteiger partial charge in [0.05, 0.1) is 5.69 Å². The van der Waals surface area contributed by atoms with Crippen molar-refractivity contribution in [2.75, 3.05) is 44.7 Å². The summed E-state index contributed by atoms with van der Waals surface area (Å²) in [6, 6.07) is 2.85. The first-order valence-corrected chi connectivity index (χ1v) is 10.2. The van der Waals surface area contributed by atoms with E-state index in [0.717, 1.165) is 57.8 Å². The first kappa shape index (κ1) is 17.7. The predicted molar refractivity (Wildman–Crippen MR) is 102 cm³/mol. The van der Waals surface area contributed by atoms with Gasteiger partial charge in [0.2, 0.25) is 5.91 Å².